The monoisotopic (exact) mass is 172 g/mol. The van der Waals surface area contributed by atoms with Crippen LogP contribution in [0.15, 0.2) is 24.3 Å². The molecule has 0 bridgehead atoms. The molecule has 1 aromatic carbocycles. The number of benzene rings is 1. The van der Waals surface area contributed by atoms with E-state index in [1.807, 2.05) is 24.3 Å². The third kappa shape index (κ3) is 2.41. The Balaban J connectivity index is 2.66. The van der Waals surface area contributed by atoms with Crippen LogP contribution in [-0.2, 0) is 10.9 Å². The van der Waals surface area contributed by atoms with Crippen LogP contribution in [0.5, 0.6) is 5.75 Å². The number of rotatable bonds is 3. The van der Waals surface area contributed by atoms with Gasteiger partial charge in [0.15, 0.2) is 0 Å². The second-order valence-corrected chi connectivity index (χ2v) is 2.32. The summed E-state index contributed by atoms with van der Waals surface area (Å²) in [5.74, 6) is 0.836. The lowest BCUT2D eigenvalue weighted by atomic mass is 10.2. The van der Waals surface area contributed by atoms with Gasteiger partial charge in [0, 0.05) is 0 Å². The van der Waals surface area contributed by atoms with Gasteiger partial charge in [0.2, 0.25) is 0 Å². The fourth-order valence-corrected chi connectivity index (χ4v) is 0.911. The van der Waals surface area contributed by atoms with Crippen LogP contribution in [0.4, 0.5) is 0 Å². The van der Waals surface area contributed by atoms with Crippen molar-refractivity contribution in [2.45, 2.75) is 6.61 Å². The van der Waals surface area contributed by atoms with Gasteiger partial charge >= 0.3 is 0 Å². The summed E-state index contributed by atoms with van der Waals surface area (Å²) in [7, 11) is 1.63. The van der Waals surface area contributed by atoms with E-state index >= 15 is 0 Å². The Kier molecular flexibility index (Phi) is 3.20. The fourth-order valence-electron chi connectivity index (χ4n) is 0.785. The van der Waals surface area contributed by atoms with Crippen molar-refractivity contribution < 1.29 is 9.03 Å². The van der Waals surface area contributed by atoms with E-state index in [-0.39, 0.29) is 0 Å². The third-order valence-corrected chi connectivity index (χ3v) is 1.49. The highest BCUT2D eigenvalue weighted by Gasteiger charge is 1.92. The molecule has 1 aromatic rings. The molecule has 3 heteroatoms. The summed E-state index contributed by atoms with van der Waals surface area (Å²) in [6, 6.07) is 7.54. The smallest absolute Gasteiger partial charge is 0.118 e. The molecule has 11 heavy (non-hydrogen) atoms. The van der Waals surface area contributed by atoms with Gasteiger partial charge in [-0.3, -0.25) is 4.29 Å². The van der Waals surface area contributed by atoms with Gasteiger partial charge < -0.3 is 4.74 Å². The molecule has 0 saturated carbocycles. The number of halogens is 1. The highest BCUT2D eigenvalue weighted by Crippen LogP contribution is 2.11. The van der Waals surface area contributed by atoms with Gasteiger partial charge in [-0.2, -0.15) is 0 Å². The first-order chi connectivity index (χ1) is 5.36. The van der Waals surface area contributed by atoms with Crippen molar-refractivity contribution in [1.82, 2.24) is 0 Å². The van der Waals surface area contributed by atoms with E-state index in [1.165, 1.54) is 0 Å². The second-order valence-electron chi connectivity index (χ2n) is 2.10. The Bertz CT molecular complexity index is 208. The van der Waals surface area contributed by atoms with Crippen LogP contribution in [0.1, 0.15) is 5.56 Å². The molecule has 0 radical (unpaired) electrons. The molecule has 0 amide bonds. The van der Waals surface area contributed by atoms with Crippen LogP contribution in [0.25, 0.3) is 0 Å². The average Bonchev–Trinajstić information content (AvgIpc) is 2.07. The first-order valence-corrected chi connectivity index (χ1v) is 3.54. The van der Waals surface area contributed by atoms with E-state index in [9.17, 15) is 0 Å². The molecule has 2 nitrogen and oxygen atoms in total. The number of methoxy groups -OCH3 is 1. The molecule has 0 aliphatic carbocycles. The Morgan fingerprint density at radius 1 is 1.27 bits per heavy atom. The highest BCUT2D eigenvalue weighted by molar-refractivity contribution is 6.07. The lowest BCUT2D eigenvalue weighted by Crippen LogP contribution is -1.85. The van der Waals surface area contributed by atoms with Crippen LogP contribution in [0, 0.1) is 0 Å². The van der Waals surface area contributed by atoms with Crippen LogP contribution >= 0.6 is 11.9 Å². The van der Waals surface area contributed by atoms with Crippen LogP contribution in [0.3, 0.4) is 0 Å². The van der Waals surface area contributed by atoms with E-state index in [0.29, 0.717) is 6.61 Å². The molecule has 0 N–H and O–H groups in total. The first kappa shape index (κ1) is 8.37. The maximum Gasteiger partial charge on any atom is 0.118 e. The van der Waals surface area contributed by atoms with Gasteiger partial charge in [-0.05, 0) is 17.7 Å². The summed E-state index contributed by atoms with van der Waals surface area (Å²) in [4.78, 5) is 0. The minimum atomic E-state index is 0.422. The molecule has 1 rings (SSSR count). The van der Waals surface area contributed by atoms with Crippen molar-refractivity contribution in [1.29, 1.82) is 0 Å². The zero-order valence-corrected chi connectivity index (χ0v) is 6.97. The van der Waals surface area contributed by atoms with E-state index in [0.717, 1.165) is 11.3 Å². The lowest BCUT2D eigenvalue weighted by Gasteiger charge is -2.00. The molecule has 0 fully saturated rings. The molecule has 0 atom stereocenters. The molecule has 60 valence electrons. The fraction of sp³-hybridized carbons (Fsp3) is 0.250. The normalized spacial score (nSPS) is 9.64. The zero-order valence-electron chi connectivity index (χ0n) is 6.21. The largest absolute Gasteiger partial charge is 0.497 e. The molecule has 0 aliphatic rings. The van der Waals surface area contributed by atoms with Crippen molar-refractivity contribution in [3.63, 3.8) is 0 Å². The molecular weight excluding hydrogens is 164 g/mol. The Morgan fingerprint density at radius 3 is 2.36 bits per heavy atom. The van der Waals surface area contributed by atoms with Gasteiger partial charge in [0.05, 0.1) is 25.6 Å². The van der Waals surface area contributed by atoms with Crippen molar-refractivity contribution in [3.05, 3.63) is 29.8 Å². The minimum Gasteiger partial charge on any atom is -0.497 e. The summed E-state index contributed by atoms with van der Waals surface area (Å²) in [5, 5.41) is 0. The van der Waals surface area contributed by atoms with Gasteiger partial charge in [-0.15, -0.1) is 0 Å². The number of hydrogen-bond acceptors (Lipinski definition) is 2. The Labute approximate surface area is 70.9 Å². The molecule has 0 aromatic heterocycles. The Hall–Kier alpha value is -0.730. The first-order valence-electron chi connectivity index (χ1n) is 3.23. The predicted molar refractivity (Wildman–Crippen MR) is 43.6 cm³/mol. The Morgan fingerprint density at radius 2 is 1.91 bits per heavy atom. The van der Waals surface area contributed by atoms with Crippen LogP contribution in [0.2, 0.25) is 0 Å². The molecule has 0 heterocycles. The third-order valence-electron chi connectivity index (χ3n) is 1.38. The maximum atomic E-state index is 5.08. The van der Waals surface area contributed by atoms with E-state index in [1.54, 1.807) is 7.11 Å². The van der Waals surface area contributed by atoms with Gasteiger partial charge in [0.1, 0.15) is 5.75 Å². The minimum absolute atomic E-state index is 0.422. The number of hydrogen-bond donors (Lipinski definition) is 0. The maximum absolute atomic E-state index is 5.08. The van der Waals surface area contributed by atoms with Crippen molar-refractivity contribution in [2.75, 3.05) is 7.11 Å². The summed E-state index contributed by atoms with van der Waals surface area (Å²) < 4.78 is 9.41. The van der Waals surface area contributed by atoms with Gasteiger partial charge in [-0.1, -0.05) is 12.1 Å². The van der Waals surface area contributed by atoms with Gasteiger partial charge in [0.25, 0.3) is 0 Å². The summed E-state index contributed by atoms with van der Waals surface area (Å²) in [6.45, 7) is 0.422. The van der Waals surface area contributed by atoms with E-state index in [4.69, 9.17) is 16.6 Å². The molecule has 0 spiro atoms. The van der Waals surface area contributed by atoms with Crippen LogP contribution < -0.4 is 4.74 Å². The van der Waals surface area contributed by atoms with E-state index in [2.05, 4.69) is 4.29 Å². The quantitative estimate of drug-likeness (QED) is 0.697. The molecule has 0 unspecified atom stereocenters. The van der Waals surface area contributed by atoms with Crippen LogP contribution in [-0.4, -0.2) is 7.11 Å². The molecule has 0 aliphatic heterocycles. The zero-order chi connectivity index (χ0) is 8.10. The topological polar surface area (TPSA) is 18.5 Å². The molecular formula is C8H9ClO2. The van der Waals surface area contributed by atoms with Gasteiger partial charge in [-0.25, -0.2) is 0 Å². The number of ether oxygens (including phenoxy) is 1. The lowest BCUT2D eigenvalue weighted by molar-refractivity contribution is 0.340. The summed E-state index contributed by atoms with van der Waals surface area (Å²) in [5.41, 5.74) is 1.03. The van der Waals surface area contributed by atoms with Crippen molar-refractivity contribution >= 4 is 11.9 Å². The summed E-state index contributed by atoms with van der Waals surface area (Å²) >= 11 is 5.08. The average molecular weight is 173 g/mol. The van der Waals surface area contributed by atoms with Crippen molar-refractivity contribution in [2.24, 2.45) is 0 Å². The second kappa shape index (κ2) is 4.21. The standard InChI is InChI=1S/C8H9ClO2/c1-10-8-4-2-7(3-5-8)6-11-9/h2-5H,6H2,1H3. The SMILES string of the molecule is COc1ccc(COCl)cc1. The predicted octanol–water partition coefficient (Wildman–Crippen LogP) is 2.37. The van der Waals surface area contributed by atoms with Crippen molar-refractivity contribution in [3.8, 4) is 5.75 Å². The van der Waals surface area contributed by atoms with E-state index < -0.39 is 0 Å². The molecule has 0 saturated heterocycles. The highest BCUT2D eigenvalue weighted by atomic mass is 35.5. The summed E-state index contributed by atoms with van der Waals surface area (Å²) in [6.07, 6.45) is 0.